The number of aliphatic imine (C=N–C) groups is 1. The molecule has 0 aliphatic heterocycles. The number of hydrogen-bond donors (Lipinski definition) is 2. The predicted molar refractivity (Wildman–Crippen MR) is 66.4 cm³/mol. The monoisotopic (exact) mass is 235 g/mol. The van der Waals surface area contributed by atoms with Crippen molar-refractivity contribution >= 4 is 5.84 Å². The van der Waals surface area contributed by atoms with E-state index in [4.69, 9.17) is 15.3 Å². The number of hydrazine groups is 1. The van der Waals surface area contributed by atoms with E-state index in [1.165, 1.54) is 0 Å². The van der Waals surface area contributed by atoms with Crippen LogP contribution in [-0.4, -0.2) is 26.1 Å². The van der Waals surface area contributed by atoms with Crippen LogP contribution in [0.15, 0.2) is 23.2 Å². The molecule has 1 saturated carbocycles. The second-order valence-corrected chi connectivity index (χ2v) is 3.92. The maximum absolute atomic E-state index is 5.51. The van der Waals surface area contributed by atoms with Crippen molar-refractivity contribution in [1.29, 1.82) is 0 Å². The molecule has 17 heavy (non-hydrogen) atoms. The summed E-state index contributed by atoms with van der Waals surface area (Å²) in [6.07, 6.45) is 2.26. The van der Waals surface area contributed by atoms with E-state index >= 15 is 0 Å². The van der Waals surface area contributed by atoms with E-state index in [2.05, 4.69) is 10.4 Å². The topological polar surface area (TPSA) is 68.9 Å². The lowest BCUT2D eigenvalue weighted by atomic mass is 10.1. The highest BCUT2D eigenvalue weighted by Gasteiger charge is 2.22. The summed E-state index contributed by atoms with van der Waals surface area (Å²) in [7, 11) is 3.23. The fourth-order valence-electron chi connectivity index (χ4n) is 1.56. The van der Waals surface area contributed by atoms with Crippen molar-refractivity contribution in [2.75, 3.05) is 14.2 Å². The van der Waals surface area contributed by atoms with Gasteiger partial charge in [0.1, 0.15) is 17.3 Å². The molecule has 3 N–H and O–H groups in total. The highest BCUT2D eigenvalue weighted by atomic mass is 16.5. The first kappa shape index (κ1) is 11.7. The zero-order chi connectivity index (χ0) is 12.3. The van der Waals surface area contributed by atoms with Gasteiger partial charge in [0.2, 0.25) is 0 Å². The standard InChI is InChI=1S/C12H17N3O2/c1-16-9-5-6-10(11(7-9)17-2)12(15-13)14-8-3-4-8/h5-8H,3-4,13H2,1-2H3,(H,14,15). The van der Waals surface area contributed by atoms with Crippen molar-refractivity contribution in [3.63, 3.8) is 0 Å². The number of nitrogens with two attached hydrogens (primary N) is 1. The van der Waals surface area contributed by atoms with Gasteiger partial charge in [-0.1, -0.05) is 0 Å². The lowest BCUT2D eigenvalue weighted by molar-refractivity contribution is 0.393. The van der Waals surface area contributed by atoms with E-state index in [0.29, 0.717) is 17.6 Å². The van der Waals surface area contributed by atoms with Crippen molar-refractivity contribution in [3.8, 4) is 11.5 Å². The summed E-state index contributed by atoms with van der Waals surface area (Å²) in [6, 6.07) is 5.96. The molecule has 0 unspecified atom stereocenters. The minimum atomic E-state index is 0.396. The number of methoxy groups -OCH3 is 2. The summed E-state index contributed by atoms with van der Waals surface area (Å²) in [4.78, 5) is 4.50. The molecule has 0 heterocycles. The Balaban J connectivity index is 2.34. The van der Waals surface area contributed by atoms with Crippen LogP contribution in [0, 0.1) is 0 Å². The van der Waals surface area contributed by atoms with Crippen LogP contribution in [0.25, 0.3) is 0 Å². The van der Waals surface area contributed by atoms with Gasteiger partial charge in [0.15, 0.2) is 0 Å². The maximum Gasteiger partial charge on any atom is 0.146 e. The third-order valence-corrected chi connectivity index (χ3v) is 2.66. The molecule has 0 bridgehead atoms. The van der Waals surface area contributed by atoms with E-state index < -0.39 is 0 Å². The Bertz CT molecular complexity index is 428. The van der Waals surface area contributed by atoms with Gasteiger partial charge in [0, 0.05) is 6.07 Å². The van der Waals surface area contributed by atoms with E-state index in [9.17, 15) is 0 Å². The largest absolute Gasteiger partial charge is 0.497 e. The van der Waals surface area contributed by atoms with Crippen LogP contribution in [0.4, 0.5) is 0 Å². The fraction of sp³-hybridized carbons (Fsp3) is 0.417. The molecular formula is C12H17N3O2. The van der Waals surface area contributed by atoms with Crippen molar-refractivity contribution < 1.29 is 9.47 Å². The smallest absolute Gasteiger partial charge is 0.146 e. The number of amidine groups is 1. The Morgan fingerprint density at radius 3 is 2.65 bits per heavy atom. The first-order chi connectivity index (χ1) is 8.28. The van der Waals surface area contributed by atoms with Crippen LogP contribution in [0.5, 0.6) is 11.5 Å². The van der Waals surface area contributed by atoms with Crippen LogP contribution < -0.4 is 20.7 Å². The Kier molecular flexibility index (Phi) is 3.49. The Morgan fingerprint density at radius 2 is 2.12 bits per heavy atom. The molecule has 1 aliphatic carbocycles. The van der Waals surface area contributed by atoms with Crippen molar-refractivity contribution in [3.05, 3.63) is 23.8 Å². The maximum atomic E-state index is 5.51. The molecule has 0 amide bonds. The van der Waals surface area contributed by atoms with Gasteiger partial charge >= 0.3 is 0 Å². The van der Waals surface area contributed by atoms with Gasteiger partial charge in [-0.05, 0) is 25.0 Å². The Labute approximate surface area is 101 Å². The van der Waals surface area contributed by atoms with Gasteiger partial charge in [-0.2, -0.15) is 0 Å². The summed E-state index contributed by atoms with van der Waals surface area (Å²) in [5.74, 6) is 7.61. The molecule has 0 saturated heterocycles. The zero-order valence-corrected chi connectivity index (χ0v) is 10.1. The fourth-order valence-corrected chi connectivity index (χ4v) is 1.56. The Morgan fingerprint density at radius 1 is 1.35 bits per heavy atom. The van der Waals surface area contributed by atoms with E-state index in [1.807, 2.05) is 18.2 Å². The van der Waals surface area contributed by atoms with Gasteiger partial charge in [0.25, 0.3) is 0 Å². The number of nitrogens with one attached hydrogen (secondary N) is 1. The quantitative estimate of drug-likeness (QED) is 0.354. The first-order valence-corrected chi connectivity index (χ1v) is 5.55. The lowest BCUT2D eigenvalue weighted by Gasteiger charge is -2.12. The zero-order valence-electron chi connectivity index (χ0n) is 10.1. The molecule has 0 atom stereocenters. The summed E-state index contributed by atoms with van der Waals surface area (Å²) in [5.41, 5.74) is 3.48. The number of hydrogen-bond acceptors (Lipinski definition) is 4. The molecule has 0 radical (unpaired) electrons. The minimum Gasteiger partial charge on any atom is -0.497 e. The van der Waals surface area contributed by atoms with Gasteiger partial charge in [-0.25, -0.2) is 5.84 Å². The van der Waals surface area contributed by atoms with E-state index in [1.54, 1.807) is 14.2 Å². The molecule has 0 spiro atoms. The molecule has 1 aromatic carbocycles. The van der Waals surface area contributed by atoms with Crippen LogP contribution >= 0.6 is 0 Å². The molecule has 1 aliphatic rings. The Hall–Kier alpha value is -1.75. The highest BCUT2D eigenvalue weighted by molar-refractivity contribution is 6.01. The van der Waals surface area contributed by atoms with Gasteiger partial charge in [-0.15, -0.1) is 0 Å². The van der Waals surface area contributed by atoms with Crippen LogP contribution in [0.2, 0.25) is 0 Å². The normalized spacial score (nSPS) is 15.6. The predicted octanol–water partition coefficient (Wildman–Crippen LogP) is 1.08. The molecule has 5 heteroatoms. The average Bonchev–Trinajstić information content (AvgIpc) is 3.19. The second kappa shape index (κ2) is 5.05. The van der Waals surface area contributed by atoms with Crippen LogP contribution in [-0.2, 0) is 0 Å². The molecule has 0 aromatic heterocycles. The van der Waals surface area contributed by atoms with E-state index in [0.717, 1.165) is 24.2 Å². The number of ether oxygens (including phenoxy) is 2. The van der Waals surface area contributed by atoms with Crippen molar-refractivity contribution in [2.24, 2.45) is 10.8 Å². The third kappa shape index (κ3) is 2.68. The molecule has 92 valence electrons. The lowest BCUT2D eigenvalue weighted by Crippen LogP contribution is -2.31. The number of benzene rings is 1. The highest BCUT2D eigenvalue weighted by Crippen LogP contribution is 2.28. The van der Waals surface area contributed by atoms with Crippen molar-refractivity contribution in [1.82, 2.24) is 5.43 Å². The number of nitrogens with zero attached hydrogens (tertiary/aromatic N) is 1. The summed E-state index contributed by atoms with van der Waals surface area (Å²) >= 11 is 0. The summed E-state index contributed by atoms with van der Waals surface area (Å²) in [6.45, 7) is 0. The molecule has 5 nitrogen and oxygen atoms in total. The molecule has 2 rings (SSSR count). The SMILES string of the molecule is COc1ccc(C(=NC2CC2)NN)c(OC)c1. The first-order valence-electron chi connectivity index (χ1n) is 5.55. The van der Waals surface area contributed by atoms with Crippen molar-refractivity contribution in [2.45, 2.75) is 18.9 Å². The minimum absolute atomic E-state index is 0.396. The summed E-state index contributed by atoms with van der Waals surface area (Å²) < 4.78 is 10.5. The molecular weight excluding hydrogens is 218 g/mol. The van der Waals surface area contributed by atoms with Gasteiger partial charge in [-0.3, -0.25) is 4.99 Å². The van der Waals surface area contributed by atoms with E-state index in [-0.39, 0.29) is 0 Å². The number of rotatable bonds is 4. The second-order valence-electron chi connectivity index (χ2n) is 3.92. The molecule has 1 aromatic rings. The van der Waals surface area contributed by atoms with Gasteiger partial charge < -0.3 is 14.9 Å². The molecule has 1 fully saturated rings. The average molecular weight is 235 g/mol. The van der Waals surface area contributed by atoms with Gasteiger partial charge in [0.05, 0.1) is 25.8 Å². The van der Waals surface area contributed by atoms with Crippen LogP contribution in [0.1, 0.15) is 18.4 Å². The third-order valence-electron chi connectivity index (χ3n) is 2.66. The van der Waals surface area contributed by atoms with Crippen LogP contribution in [0.3, 0.4) is 0 Å². The summed E-state index contributed by atoms with van der Waals surface area (Å²) in [5, 5.41) is 0.